The third kappa shape index (κ3) is 4.26. The summed E-state index contributed by atoms with van der Waals surface area (Å²) in [5, 5.41) is 8.08. The van der Waals surface area contributed by atoms with Gasteiger partial charge < -0.3 is 15.6 Å². The second-order valence-electron chi connectivity index (χ2n) is 6.56. The highest BCUT2D eigenvalue weighted by Gasteiger charge is 2.05. The van der Waals surface area contributed by atoms with Crippen LogP contribution in [0.4, 0.5) is 11.6 Å². The Kier molecular flexibility index (Phi) is 5.01. The first-order valence-corrected chi connectivity index (χ1v) is 9.20. The minimum atomic E-state index is 0.742. The smallest absolute Gasteiger partial charge is 0.132 e. The van der Waals surface area contributed by atoms with E-state index in [-0.39, 0.29) is 0 Å². The summed E-state index contributed by atoms with van der Waals surface area (Å²) in [6.45, 7) is 3.47. The van der Waals surface area contributed by atoms with Gasteiger partial charge in [0.15, 0.2) is 0 Å². The first-order valence-electron chi connectivity index (χ1n) is 9.20. The number of para-hydroxylation sites is 1. The number of fused-ring (bicyclic) bond motifs is 1. The van der Waals surface area contributed by atoms with Gasteiger partial charge in [-0.05, 0) is 30.5 Å². The lowest BCUT2D eigenvalue weighted by molar-refractivity contribution is 0.979. The van der Waals surface area contributed by atoms with Gasteiger partial charge >= 0.3 is 0 Å². The molecule has 2 aromatic heterocycles. The van der Waals surface area contributed by atoms with Crippen molar-refractivity contribution in [1.82, 2.24) is 15.0 Å². The van der Waals surface area contributed by atoms with Gasteiger partial charge in [0.05, 0.1) is 0 Å². The molecule has 5 nitrogen and oxygen atoms in total. The minimum Gasteiger partial charge on any atom is -0.370 e. The summed E-state index contributed by atoms with van der Waals surface area (Å²) < 4.78 is 0. The number of benzene rings is 2. The van der Waals surface area contributed by atoms with Crippen LogP contribution in [0.5, 0.6) is 0 Å². The van der Waals surface area contributed by atoms with Crippen molar-refractivity contribution in [1.29, 1.82) is 0 Å². The van der Waals surface area contributed by atoms with Gasteiger partial charge in [0.1, 0.15) is 17.5 Å². The molecule has 0 bridgehead atoms. The molecule has 0 saturated carbocycles. The molecule has 3 N–H and O–H groups in total. The molecule has 0 fully saturated rings. The molecule has 0 saturated heterocycles. The molecule has 0 unspecified atom stereocenters. The molecular formula is C22H23N5. The second kappa shape index (κ2) is 7.91. The number of nitrogens with zero attached hydrogens (tertiary/aromatic N) is 2. The first-order chi connectivity index (χ1) is 13.3. The molecule has 5 heteroatoms. The summed E-state index contributed by atoms with van der Waals surface area (Å²) in [5.74, 6) is 2.43. The predicted molar refractivity (Wildman–Crippen MR) is 111 cm³/mol. The van der Waals surface area contributed by atoms with Crippen LogP contribution in [0.15, 0.2) is 66.9 Å². The number of nitrogens with one attached hydrogen (secondary N) is 3. The molecule has 0 amide bonds. The van der Waals surface area contributed by atoms with Gasteiger partial charge in [-0.15, -0.1) is 0 Å². The number of aromatic amines is 1. The Hall–Kier alpha value is -3.34. The maximum absolute atomic E-state index is 4.50. The number of rotatable bonds is 7. The molecule has 4 rings (SSSR count). The van der Waals surface area contributed by atoms with E-state index in [1.165, 1.54) is 22.0 Å². The van der Waals surface area contributed by atoms with Crippen LogP contribution in [0.1, 0.15) is 17.0 Å². The number of aromatic nitrogens is 3. The molecule has 0 aliphatic rings. The summed E-state index contributed by atoms with van der Waals surface area (Å²) >= 11 is 0. The van der Waals surface area contributed by atoms with Gasteiger partial charge in [0, 0.05) is 36.3 Å². The zero-order valence-corrected chi connectivity index (χ0v) is 15.4. The van der Waals surface area contributed by atoms with E-state index in [9.17, 15) is 0 Å². The van der Waals surface area contributed by atoms with Crippen molar-refractivity contribution in [3.63, 3.8) is 0 Å². The van der Waals surface area contributed by atoms with Gasteiger partial charge in [-0.2, -0.15) is 0 Å². The van der Waals surface area contributed by atoms with Crippen LogP contribution in [0, 0.1) is 6.92 Å². The van der Waals surface area contributed by atoms with Crippen LogP contribution >= 0.6 is 0 Å². The fourth-order valence-electron chi connectivity index (χ4n) is 3.20. The highest BCUT2D eigenvalue weighted by Crippen LogP contribution is 2.18. The average molecular weight is 357 g/mol. The summed E-state index contributed by atoms with van der Waals surface area (Å²) in [6, 6.07) is 20.6. The quantitative estimate of drug-likeness (QED) is 0.454. The zero-order valence-electron chi connectivity index (χ0n) is 15.4. The van der Waals surface area contributed by atoms with Gasteiger partial charge in [-0.25, -0.2) is 9.97 Å². The third-order valence-corrected chi connectivity index (χ3v) is 4.53. The standard InChI is InChI=1S/C22H23N5/c1-16-26-21(13-22(27-16)25-14-17-7-3-2-4-8-17)23-12-11-18-15-24-20-10-6-5-9-19(18)20/h2-10,13,15,24H,11-12,14H2,1H3,(H2,23,25,26,27). The Morgan fingerprint density at radius 1 is 0.889 bits per heavy atom. The summed E-state index contributed by atoms with van der Waals surface area (Å²) in [5.41, 5.74) is 3.71. The van der Waals surface area contributed by atoms with E-state index < -0.39 is 0 Å². The zero-order chi connectivity index (χ0) is 18.5. The molecule has 27 heavy (non-hydrogen) atoms. The van der Waals surface area contributed by atoms with Crippen LogP contribution in [0.2, 0.25) is 0 Å². The monoisotopic (exact) mass is 357 g/mol. The lowest BCUT2D eigenvalue weighted by atomic mass is 10.1. The highest BCUT2D eigenvalue weighted by molar-refractivity contribution is 5.83. The fourth-order valence-corrected chi connectivity index (χ4v) is 3.20. The van der Waals surface area contributed by atoms with Crippen LogP contribution in [0.3, 0.4) is 0 Å². The molecule has 2 heterocycles. The summed E-state index contributed by atoms with van der Waals surface area (Å²) in [7, 11) is 0. The van der Waals surface area contributed by atoms with E-state index in [0.29, 0.717) is 0 Å². The van der Waals surface area contributed by atoms with Crippen LogP contribution in [0.25, 0.3) is 10.9 Å². The number of hydrogen-bond acceptors (Lipinski definition) is 4. The van der Waals surface area contributed by atoms with Crippen LogP contribution in [-0.4, -0.2) is 21.5 Å². The Morgan fingerprint density at radius 2 is 1.63 bits per heavy atom. The van der Waals surface area contributed by atoms with Gasteiger partial charge in [0.25, 0.3) is 0 Å². The van der Waals surface area contributed by atoms with Crippen LogP contribution in [-0.2, 0) is 13.0 Å². The number of hydrogen-bond donors (Lipinski definition) is 3. The maximum Gasteiger partial charge on any atom is 0.132 e. The molecule has 0 atom stereocenters. The lowest BCUT2D eigenvalue weighted by Crippen LogP contribution is -2.09. The van der Waals surface area contributed by atoms with Gasteiger partial charge in [-0.1, -0.05) is 48.5 Å². The second-order valence-corrected chi connectivity index (χ2v) is 6.56. The van der Waals surface area contributed by atoms with Crippen molar-refractivity contribution in [3.8, 4) is 0 Å². The van der Waals surface area contributed by atoms with E-state index in [1.54, 1.807) is 0 Å². The summed E-state index contributed by atoms with van der Waals surface area (Å²) in [4.78, 5) is 12.3. The third-order valence-electron chi connectivity index (χ3n) is 4.53. The topological polar surface area (TPSA) is 65.6 Å². The molecule has 0 aliphatic carbocycles. The van der Waals surface area contributed by atoms with E-state index in [0.717, 1.165) is 37.0 Å². The Labute approximate surface area is 158 Å². The van der Waals surface area contributed by atoms with Crippen molar-refractivity contribution in [2.75, 3.05) is 17.2 Å². The SMILES string of the molecule is Cc1nc(NCCc2c[nH]c3ccccc23)cc(NCc2ccccc2)n1. The van der Waals surface area contributed by atoms with Gasteiger partial charge in [-0.3, -0.25) is 0 Å². The average Bonchev–Trinajstić information content (AvgIpc) is 3.10. The van der Waals surface area contributed by atoms with E-state index >= 15 is 0 Å². The first kappa shape index (κ1) is 17.1. The molecule has 0 spiro atoms. The lowest BCUT2D eigenvalue weighted by Gasteiger charge is -2.10. The molecule has 2 aromatic carbocycles. The molecule has 0 radical (unpaired) electrons. The Bertz CT molecular complexity index is 1020. The van der Waals surface area contributed by atoms with Crippen molar-refractivity contribution in [2.24, 2.45) is 0 Å². The van der Waals surface area contributed by atoms with E-state index in [4.69, 9.17) is 0 Å². The predicted octanol–water partition coefficient (Wildman–Crippen LogP) is 4.53. The fraction of sp³-hybridized carbons (Fsp3) is 0.182. The van der Waals surface area contributed by atoms with E-state index in [1.807, 2.05) is 31.2 Å². The number of aryl methyl sites for hydroxylation is 1. The Morgan fingerprint density at radius 3 is 2.48 bits per heavy atom. The maximum atomic E-state index is 4.50. The minimum absolute atomic E-state index is 0.742. The summed E-state index contributed by atoms with van der Waals surface area (Å²) in [6.07, 6.45) is 3.02. The molecule has 0 aliphatic heterocycles. The molecular weight excluding hydrogens is 334 g/mol. The van der Waals surface area contributed by atoms with Crippen LogP contribution < -0.4 is 10.6 Å². The largest absolute Gasteiger partial charge is 0.370 e. The highest BCUT2D eigenvalue weighted by atomic mass is 15.1. The van der Waals surface area contributed by atoms with Gasteiger partial charge in [0.2, 0.25) is 0 Å². The van der Waals surface area contributed by atoms with Crippen molar-refractivity contribution in [3.05, 3.63) is 83.8 Å². The number of H-pyrrole nitrogens is 1. The Balaban J connectivity index is 1.38. The van der Waals surface area contributed by atoms with Crippen molar-refractivity contribution in [2.45, 2.75) is 19.9 Å². The normalized spacial score (nSPS) is 10.9. The van der Waals surface area contributed by atoms with Crippen molar-refractivity contribution >= 4 is 22.5 Å². The van der Waals surface area contributed by atoms with E-state index in [2.05, 4.69) is 68.2 Å². The molecule has 136 valence electrons. The van der Waals surface area contributed by atoms with Crippen molar-refractivity contribution < 1.29 is 0 Å². The number of anilines is 2. The molecule has 4 aromatic rings.